The van der Waals surface area contributed by atoms with E-state index in [2.05, 4.69) is 5.32 Å². The van der Waals surface area contributed by atoms with Gasteiger partial charge >= 0.3 is 0 Å². The highest BCUT2D eigenvalue weighted by atomic mass is 35.5. The monoisotopic (exact) mass is 330 g/mol. The SMILES string of the molecule is COc1ccc(Cl)cc1NC(=O)[C@@H](C)Oc1cccc(C#N)c1. The summed E-state index contributed by atoms with van der Waals surface area (Å²) in [4.78, 5) is 12.3. The van der Waals surface area contributed by atoms with E-state index in [4.69, 9.17) is 26.3 Å². The Balaban J connectivity index is 2.08. The Bertz CT molecular complexity index is 756. The lowest BCUT2D eigenvalue weighted by Gasteiger charge is -2.16. The van der Waals surface area contributed by atoms with Crippen molar-refractivity contribution >= 4 is 23.2 Å². The van der Waals surface area contributed by atoms with Gasteiger partial charge in [-0.25, -0.2) is 0 Å². The Kier molecular flexibility index (Phi) is 5.45. The van der Waals surface area contributed by atoms with Crippen molar-refractivity contribution in [3.05, 3.63) is 53.1 Å². The molecule has 0 saturated heterocycles. The number of carbonyl (C=O) groups is 1. The number of anilines is 1. The first-order chi connectivity index (χ1) is 11.0. The number of nitrogens with one attached hydrogen (secondary N) is 1. The number of nitriles is 1. The van der Waals surface area contributed by atoms with Gasteiger partial charge in [-0.2, -0.15) is 5.26 Å². The number of methoxy groups -OCH3 is 1. The number of amides is 1. The van der Waals surface area contributed by atoms with Crippen LogP contribution in [0.3, 0.4) is 0 Å². The molecule has 0 saturated carbocycles. The van der Waals surface area contributed by atoms with Crippen LogP contribution in [0, 0.1) is 11.3 Å². The number of nitrogens with zero attached hydrogens (tertiary/aromatic N) is 1. The van der Waals surface area contributed by atoms with E-state index in [0.717, 1.165) is 0 Å². The van der Waals surface area contributed by atoms with Gasteiger partial charge in [-0.15, -0.1) is 0 Å². The number of hydrogen-bond donors (Lipinski definition) is 1. The van der Waals surface area contributed by atoms with E-state index in [9.17, 15) is 4.79 Å². The molecular formula is C17H15ClN2O3. The highest BCUT2D eigenvalue weighted by Gasteiger charge is 2.17. The second kappa shape index (κ2) is 7.52. The quantitative estimate of drug-likeness (QED) is 0.908. The topological polar surface area (TPSA) is 71.3 Å². The van der Waals surface area contributed by atoms with Crippen molar-refractivity contribution in [1.82, 2.24) is 0 Å². The maximum absolute atomic E-state index is 12.3. The lowest BCUT2D eigenvalue weighted by molar-refractivity contribution is -0.122. The Labute approximate surface area is 139 Å². The van der Waals surface area contributed by atoms with Gasteiger partial charge in [0.25, 0.3) is 5.91 Å². The summed E-state index contributed by atoms with van der Waals surface area (Å²) < 4.78 is 10.7. The fraction of sp³-hybridized carbons (Fsp3) is 0.176. The fourth-order valence-corrected chi connectivity index (χ4v) is 2.08. The zero-order valence-electron chi connectivity index (χ0n) is 12.7. The largest absolute Gasteiger partial charge is 0.495 e. The van der Waals surface area contributed by atoms with Crippen LogP contribution in [-0.4, -0.2) is 19.1 Å². The minimum atomic E-state index is -0.757. The molecule has 0 heterocycles. The maximum Gasteiger partial charge on any atom is 0.265 e. The Hall–Kier alpha value is -2.71. The molecule has 23 heavy (non-hydrogen) atoms. The van der Waals surface area contributed by atoms with Crippen molar-refractivity contribution in [3.8, 4) is 17.6 Å². The molecule has 0 radical (unpaired) electrons. The van der Waals surface area contributed by atoms with Crippen LogP contribution in [0.2, 0.25) is 5.02 Å². The van der Waals surface area contributed by atoms with Gasteiger partial charge in [0.05, 0.1) is 24.4 Å². The van der Waals surface area contributed by atoms with E-state index in [1.54, 1.807) is 49.4 Å². The number of benzene rings is 2. The summed E-state index contributed by atoms with van der Waals surface area (Å²) in [5.41, 5.74) is 0.929. The number of carbonyl (C=O) groups excluding carboxylic acids is 1. The predicted octanol–water partition coefficient (Wildman–Crippen LogP) is 3.63. The van der Waals surface area contributed by atoms with E-state index >= 15 is 0 Å². The molecule has 1 N–H and O–H groups in total. The summed E-state index contributed by atoms with van der Waals surface area (Å²) in [5, 5.41) is 12.1. The molecule has 0 spiro atoms. The van der Waals surface area contributed by atoms with Crippen molar-refractivity contribution in [3.63, 3.8) is 0 Å². The molecule has 5 nitrogen and oxygen atoms in total. The first kappa shape index (κ1) is 16.7. The van der Waals surface area contributed by atoms with Gasteiger partial charge in [-0.3, -0.25) is 4.79 Å². The first-order valence-corrected chi connectivity index (χ1v) is 7.22. The molecule has 2 aromatic rings. The number of hydrogen-bond acceptors (Lipinski definition) is 4. The average Bonchev–Trinajstić information content (AvgIpc) is 2.55. The van der Waals surface area contributed by atoms with Crippen LogP contribution < -0.4 is 14.8 Å². The van der Waals surface area contributed by atoms with Crippen molar-refractivity contribution in [2.45, 2.75) is 13.0 Å². The lowest BCUT2D eigenvalue weighted by atomic mass is 10.2. The zero-order valence-corrected chi connectivity index (χ0v) is 13.4. The van der Waals surface area contributed by atoms with Gasteiger partial charge in [-0.1, -0.05) is 17.7 Å². The van der Waals surface area contributed by atoms with E-state index in [0.29, 0.717) is 27.8 Å². The highest BCUT2D eigenvalue weighted by molar-refractivity contribution is 6.31. The average molecular weight is 331 g/mol. The summed E-state index contributed by atoms with van der Waals surface area (Å²) in [7, 11) is 1.51. The smallest absolute Gasteiger partial charge is 0.265 e. The van der Waals surface area contributed by atoms with Gasteiger partial charge in [0.2, 0.25) is 0 Å². The van der Waals surface area contributed by atoms with E-state index in [1.165, 1.54) is 7.11 Å². The standard InChI is InChI=1S/C17H15ClN2O3/c1-11(23-14-5-3-4-12(8-14)10-19)17(21)20-15-9-13(18)6-7-16(15)22-2/h3-9,11H,1-2H3,(H,20,21)/t11-/m1/s1. The Morgan fingerprint density at radius 3 is 2.78 bits per heavy atom. The van der Waals surface area contributed by atoms with Crippen molar-refractivity contribution < 1.29 is 14.3 Å². The van der Waals surface area contributed by atoms with Crippen LogP contribution in [0.1, 0.15) is 12.5 Å². The summed E-state index contributed by atoms with van der Waals surface area (Å²) in [5.74, 6) is 0.596. The normalized spacial score (nSPS) is 11.2. The van der Waals surface area contributed by atoms with Crippen LogP contribution in [0.4, 0.5) is 5.69 Å². The van der Waals surface area contributed by atoms with Crippen LogP contribution >= 0.6 is 11.6 Å². The molecule has 0 fully saturated rings. The zero-order chi connectivity index (χ0) is 16.8. The summed E-state index contributed by atoms with van der Waals surface area (Å²) in [6, 6.07) is 13.6. The van der Waals surface area contributed by atoms with Crippen molar-refractivity contribution in [2.24, 2.45) is 0 Å². The fourth-order valence-electron chi connectivity index (χ4n) is 1.91. The van der Waals surface area contributed by atoms with Gasteiger partial charge in [-0.05, 0) is 43.3 Å². The minimum absolute atomic E-state index is 0.354. The van der Waals surface area contributed by atoms with Crippen LogP contribution in [0.15, 0.2) is 42.5 Å². The van der Waals surface area contributed by atoms with Crippen molar-refractivity contribution in [1.29, 1.82) is 5.26 Å². The molecule has 118 valence electrons. The Morgan fingerprint density at radius 2 is 2.09 bits per heavy atom. The van der Waals surface area contributed by atoms with Crippen LogP contribution in [0.25, 0.3) is 0 Å². The van der Waals surface area contributed by atoms with Crippen molar-refractivity contribution in [2.75, 3.05) is 12.4 Å². The van der Waals surface area contributed by atoms with Gasteiger partial charge in [0.15, 0.2) is 6.10 Å². The molecule has 0 bridgehead atoms. The lowest BCUT2D eigenvalue weighted by Crippen LogP contribution is -2.30. The molecule has 1 atom stereocenters. The molecule has 0 aliphatic carbocycles. The minimum Gasteiger partial charge on any atom is -0.495 e. The molecular weight excluding hydrogens is 316 g/mol. The second-order valence-corrected chi connectivity index (χ2v) is 5.17. The van der Waals surface area contributed by atoms with Crippen LogP contribution in [0.5, 0.6) is 11.5 Å². The van der Waals surface area contributed by atoms with Gasteiger partial charge in [0.1, 0.15) is 11.5 Å². The molecule has 1 amide bonds. The highest BCUT2D eigenvalue weighted by Crippen LogP contribution is 2.28. The third-order valence-electron chi connectivity index (χ3n) is 3.06. The van der Waals surface area contributed by atoms with E-state index in [-0.39, 0.29) is 5.91 Å². The van der Waals surface area contributed by atoms with Gasteiger partial charge < -0.3 is 14.8 Å². The summed E-state index contributed by atoms with van der Waals surface area (Å²) >= 11 is 5.93. The molecule has 0 unspecified atom stereocenters. The van der Waals surface area contributed by atoms with E-state index in [1.807, 2.05) is 6.07 Å². The molecule has 0 aliphatic rings. The third-order valence-corrected chi connectivity index (χ3v) is 3.30. The maximum atomic E-state index is 12.3. The number of ether oxygens (including phenoxy) is 2. The number of halogens is 1. The second-order valence-electron chi connectivity index (χ2n) is 4.73. The number of rotatable bonds is 5. The third kappa shape index (κ3) is 4.38. The summed E-state index contributed by atoms with van der Waals surface area (Å²) in [6.45, 7) is 1.62. The molecule has 2 aromatic carbocycles. The first-order valence-electron chi connectivity index (χ1n) is 6.84. The molecule has 6 heteroatoms. The molecule has 0 aromatic heterocycles. The molecule has 2 rings (SSSR count). The Morgan fingerprint density at radius 1 is 1.30 bits per heavy atom. The summed E-state index contributed by atoms with van der Waals surface area (Å²) in [6.07, 6.45) is -0.757. The van der Waals surface area contributed by atoms with Gasteiger partial charge in [0, 0.05) is 5.02 Å². The molecule has 0 aliphatic heterocycles. The predicted molar refractivity (Wildman–Crippen MR) is 87.9 cm³/mol. The van der Waals surface area contributed by atoms with Crippen LogP contribution in [-0.2, 0) is 4.79 Å². The van der Waals surface area contributed by atoms with E-state index < -0.39 is 6.10 Å².